The van der Waals surface area contributed by atoms with E-state index in [0.29, 0.717) is 18.4 Å². The van der Waals surface area contributed by atoms with Gasteiger partial charge in [-0.05, 0) is 41.3 Å². The normalized spacial score (nSPS) is 13.4. The molecule has 0 bridgehead atoms. The molecule has 3 N–H and O–H groups in total. The summed E-state index contributed by atoms with van der Waals surface area (Å²) in [5, 5.41) is 3.13. The number of hydrogen-bond acceptors (Lipinski definition) is 3. The van der Waals surface area contributed by atoms with Gasteiger partial charge in [0.05, 0.1) is 6.54 Å². The SMILES string of the molecule is CC(C)c1cccc(NC(N)=NCc2ccc3c(c2)OCO3)c1. The Morgan fingerprint density at radius 3 is 2.83 bits per heavy atom. The summed E-state index contributed by atoms with van der Waals surface area (Å²) < 4.78 is 10.7. The van der Waals surface area contributed by atoms with Crippen molar-refractivity contribution in [1.29, 1.82) is 0 Å². The molecule has 0 saturated carbocycles. The third-order valence-electron chi connectivity index (χ3n) is 3.69. The molecular formula is C18H21N3O2. The zero-order valence-electron chi connectivity index (χ0n) is 13.4. The van der Waals surface area contributed by atoms with E-state index in [-0.39, 0.29) is 6.79 Å². The van der Waals surface area contributed by atoms with Gasteiger partial charge in [-0.25, -0.2) is 4.99 Å². The van der Waals surface area contributed by atoms with E-state index in [4.69, 9.17) is 15.2 Å². The highest BCUT2D eigenvalue weighted by atomic mass is 16.7. The summed E-state index contributed by atoms with van der Waals surface area (Å²) >= 11 is 0. The summed E-state index contributed by atoms with van der Waals surface area (Å²) in [5.41, 5.74) is 9.21. The molecule has 1 aliphatic heterocycles. The van der Waals surface area contributed by atoms with Crippen LogP contribution in [0.5, 0.6) is 11.5 Å². The maximum Gasteiger partial charge on any atom is 0.231 e. The van der Waals surface area contributed by atoms with Crippen LogP contribution >= 0.6 is 0 Å². The number of nitrogens with one attached hydrogen (secondary N) is 1. The van der Waals surface area contributed by atoms with Crippen molar-refractivity contribution in [2.24, 2.45) is 10.7 Å². The summed E-state index contributed by atoms with van der Waals surface area (Å²) in [4.78, 5) is 4.38. The van der Waals surface area contributed by atoms with Gasteiger partial charge in [-0.15, -0.1) is 0 Å². The average Bonchev–Trinajstić information content (AvgIpc) is 3.01. The fraction of sp³-hybridized carbons (Fsp3) is 0.278. The van der Waals surface area contributed by atoms with Gasteiger partial charge in [-0.1, -0.05) is 32.0 Å². The predicted octanol–water partition coefficient (Wildman–Crippen LogP) is 3.47. The van der Waals surface area contributed by atoms with Gasteiger partial charge in [0.1, 0.15) is 0 Å². The van der Waals surface area contributed by atoms with Gasteiger partial charge in [-0.2, -0.15) is 0 Å². The molecule has 0 radical (unpaired) electrons. The summed E-state index contributed by atoms with van der Waals surface area (Å²) in [6.07, 6.45) is 0. The monoisotopic (exact) mass is 311 g/mol. The lowest BCUT2D eigenvalue weighted by molar-refractivity contribution is 0.174. The molecule has 1 aliphatic rings. The fourth-order valence-corrected chi connectivity index (χ4v) is 2.38. The molecule has 3 rings (SSSR count). The van der Waals surface area contributed by atoms with E-state index in [9.17, 15) is 0 Å². The minimum Gasteiger partial charge on any atom is -0.454 e. The van der Waals surface area contributed by atoms with Crippen LogP contribution in [0.3, 0.4) is 0 Å². The molecule has 5 heteroatoms. The van der Waals surface area contributed by atoms with E-state index >= 15 is 0 Å². The largest absolute Gasteiger partial charge is 0.454 e. The van der Waals surface area contributed by atoms with E-state index in [2.05, 4.69) is 36.3 Å². The molecule has 0 fully saturated rings. The number of guanidine groups is 1. The standard InChI is InChI=1S/C18H21N3O2/c1-12(2)14-4-3-5-15(9-14)21-18(19)20-10-13-6-7-16-17(8-13)23-11-22-16/h3-9,12H,10-11H2,1-2H3,(H3,19,20,21). The molecule has 2 aromatic carbocycles. The van der Waals surface area contributed by atoms with Crippen molar-refractivity contribution < 1.29 is 9.47 Å². The molecule has 0 aliphatic carbocycles. The Balaban J connectivity index is 1.65. The second-order valence-corrected chi connectivity index (χ2v) is 5.79. The fourth-order valence-electron chi connectivity index (χ4n) is 2.38. The van der Waals surface area contributed by atoms with Gasteiger partial charge in [0.25, 0.3) is 0 Å². The number of nitrogens with zero attached hydrogens (tertiary/aromatic N) is 1. The van der Waals surface area contributed by atoms with Gasteiger partial charge in [0.2, 0.25) is 6.79 Å². The van der Waals surface area contributed by atoms with Crippen molar-refractivity contribution in [3.05, 3.63) is 53.6 Å². The van der Waals surface area contributed by atoms with Crippen molar-refractivity contribution in [1.82, 2.24) is 0 Å². The minimum atomic E-state index is 0.276. The zero-order valence-corrected chi connectivity index (χ0v) is 13.4. The van der Waals surface area contributed by atoms with Crippen LogP contribution in [-0.2, 0) is 6.54 Å². The first-order valence-corrected chi connectivity index (χ1v) is 7.67. The van der Waals surface area contributed by atoms with Gasteiger partial charge >= 0.3 is 0 Å². The highest BCUT2D eigenvalue weighted by Gasteiger charge is 2.12. The average molecular weight is 311 g/mol. The third kappa shape index (κ3) is 3.74. The Kier molecular flexibility index (Phi) is 4.37. The smallest absolute Gasteiger partial charge is 0.231 e. The second-order valence-electron chi connectivity index (χ2n) is 5.79. The number of hydrogen-bond donors (Lipinski definition) is 2. The van der Waals surface area contributed by atoms with Crippen LogP contribution in [0.2, 0.25) is 0 Å². The Hall–Kier alpha value is -2.69. The molecule has 0 atom stereocenters. The number of rotatable bonds is 4. The Bertz CT molecular complexity index is 726. The number of aliphatic imine (C=N–C) groups is 1. The first kappa shape index (κ1) is 15.2. The lowest BCUT2D eigenvalue weighted by atomic mass is 10.0. The number of nitrogens with two attached hydrogens (primary N) is 1. The number of benzene rings is 2. The van der Waals surface area contributed by atoms with Gasteiger partial charge in [0.15, 0.2) is 17.5 Å². The third-order valence-corrected chi connectivity index (χ3v) is 3.69. The Morgan fingerprint density at radius 1 is 1.17 bits per heavy atom. The van der Waals surface area contributed by atoms with Gasteiger partial charge in [0, 0.05) is 5.69 Å². The summed E-state index contributed by atoms with van der Waals surface area (Å²) in [6.45, 7) is 5.09. The maximum absolute atomic E-state index is 5.98. The first-order valence-electron chi connectivity index (χ1n) is 7.67. The molecule has 23 heavy (non-hydrogen) atoms. The summed E-state index contributed by atoms with van der Waals surface area (Å²) in [7, 11) is 0. The van der Waals surface area contributed by atoms with Crippen molar-refractivity contribution in [2.75, 3.05) is 12.1 Å². The van der Waals surface area contributed by atoms with Crippen molar-refractivity contribution >= 4 is 11.6 Å². The molecular weight excluding hydrogens is 290 g/mol. The molecule has 0 amide bonds. The molecule has 0 spiro atoms. The van der Waals surface area contributed by atoms with Gasteiger partial charge in [-0.3, -0.25) is 0 Å². The number of ether oxygens (including phenoxy) is 2. The quantitative estimate of drug-likeness (QED) is 0.670. The summed E-state index contributed by atoms with van der Waals surface area (Å²) in [5.74, 6) is 2.40. The van der Waals surface area contributed by atoms with E-state index < -0.39 is 0 Å². The van der Waals surface area contributed by atoms with Crippen LogP contribution in [-0.4, -0.2) is 12.8 Å². The van der Waals surface area contributed by atoms with E-state index in [1.807, 2.05) is 30.3 Å². The second kappa shape index (κ2) is 6.60. The van der Waals surface area contributed by atoms with Crippen molar-refractivity contribution in [3.63, 3.8) is 0 Å². The van der Waals surface area contributed by atoms with Crippen molar-refractivity contribution in [3.8, 4) is 11.5 Å². The molecule has 0 aromatic heterocycles. The van der Waals surface area contributed by atoms with E-state index in [1.165, 1.54) is 5.56 Å². The van der Waals surface area contributed by atoms with Crippen LogP contribution in [0.25, 0.3) is 0 Å². The van der Waals surface area contributed by atoms with Gasteiger partial charge < -0.3 is 20.5 Å². The Labute approximate surface area is 136 Å². The summed E-state index contributed by atoms with van der Waals surface area (Å²) in [6, 6.07) is 14.0. The molecule has 0 unspecified atom stereocenters. The van der Waals surface area contributed by atoms with Crippen LogP contribution in [0, 0.1) is 0 Å². The number of anilines is 1. The van der Waals surface area contributed by atoms with Crippen LogP contribution < -0.4 is 20.5 Å². The van der Waals surface area contributed by atoms with Crippen LogP contribution in [0.15, 0.2) is 47.5 Å². The predicted molar refractivity (Wildman–Crippen MR) is 92.0 cm³/mol. The first-order chi connectivity index (χ1) is 11.1. The number of fused-ring (bicyclic) bond motifs is 1. The molecule has 0 saturated heterocycles. The lowest BCUT2D eigenvalue weighted by Gasteiger charge is -2.10. The molecule has 1 heterocycles. The molecule has 5 nitrogen and oxygen atoms in total. The molecule has 120 valence electrons. The lowest BCUT2D eigenvalue weighted by Crippen LogP contribution is -2.22. The van der Waals surface area contributed by atoms with Crippen LogP contribution in [0.1, 0.15) is 30.9 Å². The highest BCUT2D eigenvalue weighted by molar-refractivity contribution is 5.92. The van der Waals surface area contributed by atoms with E-state index in [0.717, 1.165) is 22.7 Å². The van der Waals surface area contributed by atoms with E-state index in [1.54, 1.807) is 0 Å². The maximum atomic E-state index is 5.98. The molecule has 2 aromatic rings. The highest BCUT2D eigenvalue weighted by Crippen LogP contribution is 2.32. The van der Waals surface area contributed by atoms with Crippen LogP contribution in [0.4, 0.5) is 5.69 Å². The minimum absolute atomic E-state index is 0.276. The van der Waals surface area contributed by atoms with Crippen molar-refractivity contribution in [2.45, 2.75) is 26.3 Å². The zero-order chi connectivity index (χ0) is 16.2. The topological polar surface area (TPSA) is 68.9 Å². The Morgan fingerprint density at radius 2 is 2.00 bits per heavy atom.